The molecular weight excluding hydrogens is 406 g/mol. The van der Waals surface area contributed by atoms with Crippen molar-refractivity contribution in [2.24, 2.45) is 5.73 Å². The molecule has 1 unspecified atom stereocenters. The number of carbonyl (C=O) groups excluding carboxylic acids is 2. The summed E-state index contributed by atoms with van der Waals surface area (Å²) in [6, 6.07) is 8.46. The molecule has 2 aromatic heterocycles. The van der Waals surface area contributed by atoms with Gasteiger partial charge in [-0.15, -0.1) is 11.3 Å². The van der Waals surface area contributed by atoms with E-state index in [0.717, 1.165) is 21.5 Å². The molecule has 2 heterocycles. The van der Waals surface area contributed by atoms with Crippen molar-refractivity contribution in [2.45, 2.75) is 39.8 Å². The first-order valence-electron chi connectivity index (χ1n) is 9.56. The van der Waals surface area contributed by atoms with Gasteiger partial charge in [-0.1, -0.05) is 30.3 Å². The second-order valence-electron chi connectivity index (χ2n) is 6.88. The number of aromatic nitrogens is 2. The van der Waals surface area contributed by atoms with E-state index in [0.29, 0.717) is 16.8 Å². The number of rotatable bonds is 7. The molecule has 3 aromatic rings. The second-order valence-corrected chi connectivity index (χ2v) is 7.88. The number of fused-ring (bicyclic) bond motifs is 1. The number of amides is 1. The summed E-state index contributed by atoms with van der Waals surface area (Å²) in [5, 5.41) is 0.226. The molecule has 2 N–H and O–H groups in total. The van der Waals surface area contributed by atoms with Crippen LogP contribution in [0.2, 0.25) is 0 Å². The largest absolute Gasteiger partial charge is 0.462 e. The third-order valence-corrected chi connectivity index (χ3v) is 6.26. The summed E-state index contributed by atoms with van der Waals surface area (Å²) in [5.74, 6) is -1.34. The number of hydrogen-bond acceptors (Lipinski definition) is 6. The summed E-state index contributed by atoms with van der Waals surface area (Å²) >= 11 is 1.05. The molecule has 1 atom stereocenters. The maximum absolute atomic E-state index is 13.2. The van der Waals surface area contributed by atoms with Gasteiger partial charge in [-0.25, -0.2) is 14.2 Å². The van der Waals surface area contributed by atoms with Crippen molar-refractivity contribution in [1.82, 2.24) is 9.13 Å². The highest BCUT2D eigenvalue weighted by molar-refractivity contribution is 7.20. The molecule has 3 rings (SSSR count). The van der Waals surface area contributed by atoms with Crippen molar-refractivity contribution >= 4 is 33.4 Å². The molecule has 0 aliphatic rings. The lowest BCUT2D eigenvalue weighted by atomic mass is 10.1. The SMILES string of the molecule is CCOC(=O)c1sc2c(c1C)c(=O)n(C(C)C(N)=O)c(=O)n2CCc1ccccc1. The van der Waals surface area contributed by atoms with Crippen molar-refractivity contribution in [3.63, 3.8) is 0 Å². The summed E-state index contributed by atoms with van der Waals surface area (Å²) in [5.41, 5.74) is 5.55. The smallest absolute Gasteiger partial charge is 0.348 e. The third-order valence-electron chi connectivity index (χ3n) is 4.97. The number of nitrogens with zero attached hydrogens (tertiary/aromatic N) is 2. The number of esters is 1. The van der Waals surface area contributed by atoms with E-state index in [1.807, 2.05) is 30.3 Å². The highest BCUT2D eigenvalue weighted by Crippen LogP contribution is 2.29. The number of benzene rings is 1. The van der Waals surface area contributed by atoms with Crippen molar-refractivity contribution in [3.05, 3.63) is 67.2 Å². The van der Waals surface area contributed by atoms with E-state index in [1.165, 1.54) is 11.5 Å². The van der Waals surface area contributed by atoms with Gasteiger partial charge in [0.05, 0.1) is 12.0 Å². The monoisotopic (exact) mass is 429 g/mol. The van der Waals surface area contributed by atoms with Crippen LogP contribution < -0.4 is 17.0 Å². The van der Waals surface area contributed by atoms with Gasteiger partial charge in [0.15, 0.2) is 0 Å². The zero-order chi connectivity index (χ0) is 22.0. The molecule has 0 radical (unpaired) electrons. The Hall–Kier alpha value is -3.20. The molecular formula is C21H23N3O5S. The Morgan fingerprint density at radius 2 is 1.87 bits per heavy atom. The van der Waals surface area contributed by atoms with E-state index in [1.54, 1.807) is 13.8 Å². The quantitative estimate of drug-likeness (QED) is 0.577. The summed E-state index contributed by atoms with van der Waals surface area (Å²) < 4.78 is 7.39. The van der Waals surface area contributed by atoms with Crippen LogP contribution in [0.5, 0.6) is 0 Å². The molecule has 9 heteroatoms. The van der Waals surface area contributed by atoms with E-state index in [-0.39, 0.29) is 23.4 Å². The average molecular weight is 429 g/mol. The van der Waals surface area contributed by atoms with Crippen LogP contribution in [-0.4, -0.2) is 27.6 Å². The number of carbonyl (C=O) groups is 2. The van der Waals surface area contributed by atoms with E-state index < -0.39 is 29.2 Å². The van der Waals surface area contributed by atoms with E-state index in [9.17, 15) is 19.2 Å². The first-order chi connectivity index (χ1) is 14.3. The molecule has 0 aliphatic carbocycles. The van der Waals surface area contributed by atoms with Crippen molar-refractivity contribution in [2.75, 3.05) is 6.61 Å². The summed E-state index contributed by atoms with van der Waals surface area (Å²) in [6.45, 7) is 5.20. The fourth-order valence-corrected chi connectivity index (χ4v) is 4.52. The minimum absolute atomic E-state index is 0.191. The maximum atomic E-state index is 13.2. The molecule has 0 saturated heterocycles. The lowest BCUT2D eigenvalue weighted by Gasteiger charge is -2.15. The average Bonchev–Trinajstić information content (AvgIpc) is 3.06. The number of aryl methyl sites for hydroxylation is 3. The number of nitrogens with two attached hydrogens (primary N) is 1. The third kappa shape index (κ3) is 3.80. The van der Waals surface area contributed by atoms with Gasteiger partial charge in [0.2, 0.25) is 5.91 Å². The fraction of sp³-hybridized carbons (Fsp3) is 0.333. The highest BCUT2D eigenvalue weighted by atomic mass is 32.1. The molecule has 158 valence electrons. The highest BCUT2D eigenvalue weighted by Gasteiger charge is 2.26. The molecule has 0 bridgehead atoms. The Morgan fingerprint density at radius 1 is 1.20 bits per heavy atom. The van der Waals surface area contributed by atoms with Gasteiger partial charge in [-0.2, -0.15) is 0 Å². The van der Waals surface area contributed by atoms with Crippen LogP contribution in [0.1, 0.15) is 40.7 Å². The topological polar surface area (TPSA) is 113 Å². The van der Waals surface area contributed by atoms with Crippen LogP contribution in [-0.2, 0) is 22.5 Å². The first kappa shape index (κ1) is 21.5. The van der Waals surface area contributed by atoms with Crippen molar-refractivity contribution in [1.29, 1.82) is 0 Å². The van der Waals surface area contributed by atoms with Gasteiger partial charge in [0, 0.05) is 6.54 Å². The minimum atomic E-state index is -1.12. The summed E-state index contributed by atoms with van der Waals surface area (Å²) in [7, 11) is 0. The van der Waals surface area contributed by atoms with Crippen LogP contribution >= 0.6 is 11.3 Å². The molecule has 1 aromatic carbocycles. The van der Waals surface area contributed by atoms with Gasteiger partial charge in [0.1, 0.15) is 15.7 Å². The second kappa shape index (κ2) is 8.66. The van der Waals surface area contributed by atoms with E-state index in [4.69, 9.17) is 10.5 Å². The van der Waals surface area contributed by atoms with Crippen LogP contribution in [0.3, 0.4) is 0 Å². The Balaban J connectivity index is 2.27. The molecule has 1 amide bonds. The van der Waals surface area contributed by atoms with Gasteiger partial charge < -0.3 is 10.5 Å². The normalized spacial score (nSPS) is 12.1. The van der Waals surface area contributed by atoms with Crippen molar-refractivity contribution < 1.29 is 14.3 Å². The number of thiophene rings is 1. The minimum Gasteiger partial charge on any atom is -0.462 e. The zero-order valence-corrected chi connectivity index (χ0v) is 17.8. The molecule has 8 nitrogen and oxygen atoms in total. The van der Waals surface area contributed by atoms with Gasteiger partial charge in [-0.05, 0) is 38.3 Å². The summed E-state index contributed by atoms with van der Waals surface area (Å²) in [4.78, 5) is 51.1. The van der Waals surface area contributed by atoms with E-state index in [2.05, 4.69) is 0 Å². The summed E-state index contributed by atoms with van der Waals surface area (Å²) in [6.07, 6.45) is 0.532. The number of primary amides is 1. The molecule has 0 aliphatic heterocycles. The molecule has 0 saturated carbocycles. The van der Waals surface area contributed by atoms with Crippen LogP contribution in [0.4, 0.5) is 0 Å². The van der Waals surface area contributed by atoms with Crippen LogP contribution in [0.25, 0.3) is 10.2 Å². The Labute approximate surface area is 176 Å². The predicted molar refractivity (Wildman–Crippen MR) is 115 cm³/mol. The van der Waals surface area contributed by atoms with Gasteiger partial charge in [-0.3, -0.25) is 14.2 Å². The van der Waals surface area contributed by atoms with Crippen LogP contribution in [0.15, 0.2) is 39.9 Å². The Morgan fingerprint density at radius 3 is 2.47 bits per heavy atom. The van der Waals surface area contributed by atoms with Crippen molar-refractivity contribution in [3.8, 4) is 0 Å². The van der Waals surface area contributed by atoms with Gasteiger partial charge >= 0.3 is 11.7 Å². The zero-order valence-electron chi connectivity index (χ0n) is 17.0. The lowest BCUT2D eigenvalue weighted by molar-refractivity contribution is -0.120. The fourth-order valence-electron chi connectivity index (χ4n) is 3.31. The predicted octanol–water partition coefficient (Wildman–Crippen LogP) is 2.00. The number of ether oxygens (including phenoxy) is 1. The van der Waals surface area contributed by atoms with Crippen LogP contribution in [0, 0.1) is 6.92 Å². The van der Waals surface area contributed by atoms with Gasteiger partial charge in [0.25, 0.3) is 5.56 Å². The molecule has 0 spiro atoms. The lowest BCUT2D eigenvalue weighted by Crippen LogP contribution is -2.45. The standard InChI is InChI=1S/C21H23N3O5S/c1-4-29-20(27)16-12(2)15-18(26)24(13(3)17(22)25)21(28)23(19(15)30-16)11-10-14-8-6-5-7-9-14/h5-9,13H,4,10-11H2,1-3H3,(H2,22,25). The maximum Gasteiger partial charge on any atom is 0.348 e. The van der Waals surface area contributed by atoms with E-state index >= 15 is 0 Å². The number of hydrogen-bond donors (Lipinski definition) is 1. The Bertz CT molecular complexity index is 1220. The Kier molecular flexibility index (Phi) is 6.21. The molecule has 0 fully saturated rings. The first-order valence-corrected chi connectivity index (χ1v) is 10.4. The molecule has 30 heavy (non-hydrogen) atoms.